The molecule has 0 aliphatic carbocycles. The van der Waals surface area contributed by atoms with Crippen molar-refractivity contribution in [2.45, 2.75) is 0 Å². The molecule has 0 aromatic heterocycles. The molecule has 0 spiro atoms. The minimum atomic E-state index is -2.13. The number of rotatable bonds is 1. The number of carboxylic acid groups (broad SMARTS) is 1. The van der Waals surface area contributed by atoms with Crippen LogP contribution in [0, 0.1) is 0 Å². The third-order valence-corrected chi connectivity index (χ3v) is 0.175. The van der Waals surface area contributed by atoms with Gasteiger partial charge in [0.15, 0.2) is 17.4 Å². The Morgan fingerprint density at radius 1 is 1.45 bits per heavy atom. The second-order valence-corrected chi connectivity index (χ2v) is 12.0. The predicted octanol–water partition coefficient (Wildman–Crippen LogP) is -0.913. The number of carboxylic acids is 1. The molecular weight excluding hydrogens is 311 g/mol. The van der Waals surface area contributed by atoms with E-state index in [0.717, 1.165) is 0 Å². The average Bonchev–Trinajstić information content (AvgIpc) is 1.65. The van der Waals surface area contributed by atoms with Gasteiger partial charge in [-0.2, -0.15) is 0 Å². The third-order valence-electron chi connectivity index (χ3n) is 0.175. The van der Waals surface area contributed by atoms with Crippen molar-refractivity contribution in [3.05, 3.63) is 0 Å². The summed E-state index contributed by atoms with van der Waals surface area (Å²) in [6, 6.07) is 0. The fourth-order valence-corrected chi connectivity index (χ4v) is 0. The molecule has 0 saturated heterocycles. The van der Waals surface area contributed by atoms with Crippen LogP contribution in [0.3, 0.4) is 0 Å². The van der Waals surface area contributed by atoms with E-state index in [9.17, 15) is 4.79 Å². The maximum atomic E-state index is 9.24. The van der Waals surface area contributed by atoms with E-state index in [-0.39, 0.29) is 29.4 Å². The Labute approximate surface area is 93.7 Å². The number of aliphatic carboxylic acids is 1. The maximum absolute atomic E-state index is 9.24. The molecule has 0 amide bonds. The minimum absolute atomic E-state index is 0. The molecule has 0 aliphatic rings. The van der Waals surface area contributed by atoms with Crippen LogP contribution in [0.5, 0.6) is 0 Å². The van der Waals surface area contributed by atoms with Crippen LogP contribution in [0.25, 0.3) is 0 Å². The van der Waals surface area contributed by atoms with Gasteiger partial charge in [-0.25, -0.2) is 0 Å². The SMILES string of the molecule is NCC(=O)O.O.[AlH3].[Cl][Zr]([Cl])[Cl]. The van der Waals surface area contributed by atoms with Crippen LogP contribution < -0.4 is 5.73 Å². The van der Waals surface area contributed by atoms with Gasteiger partial charge < -0.3 is 16.3 Å². The molecule has 0 bridgehead atoms. The first kappa shape index (κ1) is 23.0. The van der Waals surface area contributed by atoms with Crippen LogP contribution in [-0.4, -0.2) is 40.5 Å². The molecule has 69 valence electrons. The van der Waals surface area contributed by atoms with Crippen molar-refractivity contribution in [3.8, 4) is 0 Å². The molecule has 0 saturated carbocycles. The Balaban J connectivity index is -0.0000000383. The van der Waals surface area contributed by atoms with Crippen molar-refractivity contribution in [1.82, 2.24) is 0 Å². The van der Waals surface area contributed by atoms with Gasteiger partial charge in [0.25, 0.3) is 0 Å². The van der Waals surface area contributed by atoms with Crippen LogP contribution in [0.2, 0.25) is 0 Å². The molecule has 4 nitrogen and oxygen atoms in total. The van der Waals surface area contributed by atoms with Crippen LogP contribution >= 0.6 is 25.5 Å². The van der Waals surface area contributed by atoms with E-state index < -0.39 is 24.1 Å². The third kappa shape index (κ3) is 80.9. The summed E-state index contributed by atoms with van der Waals surface area (Å²) in [5.74, 6) is -0.968. The van der Waals surface area contributed by atoms with Gasteiger partial charge in [-0.15, -0.1) is 0 Å². The average molecular weight is 321 g/mol. The van der Waals surface area contributed by atoms with Gasteiger partial charge >= 0.3 is 49.7 Å². The summed E-state index contributed by atoms with van der Waals surface area (Å²) in [6.07, 6.45) is 0. The van der Waals surface area contributed by atoms with Crippen molar-refractivity contribution in [3.63, 3.8) is 0 Å². The summed E-state index contributed by atoms with van der Waals surface area (Å²) in [6.45, 7) is -0.278. The standard InChI is InChI=1S/C2H5NO2.Al.3ClH.H2O.Zr.3H/c3-1-2(4)5;;;;;;;;;/h1,3H2,(H,4,5);;3*1H;1H2;;;;/q;;;;;;+3;;;/p-3. The van der Waals surface area contributed by atoms with Crippen molar-refractivity contribution >= 4 is 48.9 Å². The molecule has 0 atom stereocenters. The molecular formula is C2H10AlCl3NO3Zr. The van der Waals surface area contributed by atoms with Crippen molar-refractivity contribution < 1.29 is 33.5 Å². The van der Waals surface area contributed by atoms with Crippen LogP contribution in [0.15, 0.2) is 0 Å². The first-order chi connectivity index (χ1) is 4.00. The van der Waals surface area contributed by atoms with E-state index in [1.165, 1.54) is 0 Å². The number of hydrogen-bond donors (Lipinski definition) is 2. The Hall–Kier alpha value is 1.68. The summed E-state index contributed by atoms with van der Waals surface area (Å²) in [5, 5.41) is 7.60. The first-order valence-corrected chi connectivity index (χ1v) is 11.3. The molecule has 0 unspecified atom stereocenters. The second kappa shape index (κ2) is 17.7. The van der Waals surface area contributed by atoms with Gasteiger partial charge in [0, 0.05) is 0 Å². The van der Waals surface area contributed by atoms with Gasteiger partial charge in [-0.1, -0.05) is 0 Å². The van der Waals surface area contributed by atoms with Gasteiger partial charge in [0.05, 0.1) is 6.54 Å². The Morgan fingerprint density at radius 3 is 1.55 bits per heavy atom. The Morgan fingerprint density at radius 2 is 1.55 bits per heavy atom. The topological polar surface area (TPSA) is 94.8 Å². The number of carbonyl (C=O) groups is 1. The van der Waals surface area contributed by atoms with Crippen molar-refractivity contribution in [2.24, 2.45) is 5.73 Å². The summed E-state index contributed by atoms with van der Waals surface area (Å²) in [4.78, 5) is 9.24. The molecule has 0 heterocycles. The molecule has 0 fully saturated rings. The number of nitrogens with two attached hydrogens (primary N) is 1. The quantitative estimate of drug-likeness (QED) is 0.612. The van der Waals surface area contributed by atoms with Gasteiger partial charge in [0.2, 0.25) is 0 Å². The van der Waals surface area contributed by atoms with Crippen molar-refractivity contribution in [2.75, 3.05) is 6.54 Å². The van der Waals surface area contributed by atoms with E-state index in [1.54, 1.807) is 0 Å². The van der Waals surface area contributed by atoms with E-state index in [0.29, 0.717) is 0 Å². The monoisotopic (exact) mass is 318 g/mol. The fourth-order valence-electron chi connectivity index (χ4n) is 0. The molecule has 0 aromatic rings. The summed E-state index contributed by atoms with van der Waals surface area (Å²) >= 11 is -2.13. The van der Waals surface area contributed by atoms with E-state index >= 15 is 0 Å². The Bertz CT molecular complexity index is 84.2. The molecule has 0 aliphatic heterocycles. The van der Waals surface area contributed by atoms with Crippen LogP contribution in [0.1, 0.15) is 0 Å². The zero-order valence-electron chi connectivity index (χ0n) is 4.77. The van der Waals surface area contributed by atoms with Gasteiger partial charge in [-0.05, 0) is 0 Å². The second-order valence-electron chi connectivity index (χ2n) is 0.812. The van der Waals surface area contributed by atoms with E-state index in [1.807, 2.05) is 0 Å². The van der Waals surface area contributed by atoms with Crippen LogP contribution in [-0.2, 0) is 23.0 Å². The number of halogens is 3. The fraction of sp³-hybridized carbons (Fsp3) is 0.500. The van der Waals surface area contributed by atoms with Gasteiger partial charge in [-0.3, -0.25) is 4.79 Å². The predicted molar refractivity (Wildman–Crippen MR) is 47.8 cm³/mol. The normalized spacial score (nSPS) is 5.82. The number of hydrogen-bond acceptors (Lipinski definition) is 2. The van der Waals surface area contributed by atoms with E-state index in [2.05, 4.69) is 5.73 Å². The molecule has 0 aromatic carbocycles. The zero-order valence-corrected chi connectivity index (χ0v) is 9.50. The molecule has 11 heavy (non-hydrogen) atoms. The molecule has 0 radical (unpaired) electrons. The first-order valence-electron chi connectivity index (χ1n) is 1.76. The molecule has 0 rings (SSSR count). The van der Waals surface area contributed by atoms with Gasteiger partial charge in [0.1, 0.15) is 0 Å². The molecule has 9 heteroatoms. The Kier molecular flexibility index (Phi) is 36.9. The summed E-state index contributed by atoms with van der Waals surface area (Å²) in [5.41, 5.74) is 4.57. The summed E-state index contributed by atoms with van der Waals surface area (Å²) in [7, 11) is 15.0. The van der Waals surface area contributed by atoms with E-state index in [4.69, 9.17) is 30.6 Å². The summed E-state index contributed by atoms with van der Waals surface area (Å²) < 4.78 is 0. The van der Waals surface area contributed by atoms with Crippen LogP contribution in [0.4, 0.5) is 0 Å². The van der Waals surface area contributed by atoms with Crippen molar-refractivity contribution in [1.29, 1.82) is 0 Å². The zero-order chi connectivity index (χ0) is 7.86. The molecule has 5 N–H and O–H groups in total.